The van der Waals surface area contributed by atoms with E-state index in [9.17, 15) is 4.79 Å². The number of nitriles is 1. The monoisotopic (exact) mass is 374 g/mol. The second-order valence-electron chi connectivity index (χ2n) is 7.81. The topological polar surface area (TPSA) is 85.2 Å². The Morgan fingerprint density at radius 2 is 2.11 bits per heavy atom. The first-order chi connectivity index (χ1) is 13.7. The standard InChI is InChI=1S/C21H22N6O/c22-13-26-9-7-17(12-26)24-20(28)16-3-4-19-15(11-16)6-10-27(19)21-23-8-5-18(25-21)14-1-2-14/h3-5,8,11,14,17H,1-2,6-7,9-10,12H2,(H,24,28)/t17-/m1/s1. The zero-order valence-corrected chi connectivity index (χ0v) is 15.6. The first kappa shape index (κ1) is 17.0. The quantitative estimate of drug-likeness (QED) is 0.827. The summed E-state index contributed by atoms with van der Waals surface area (Å²) < 4.78 is 0. The molecule has 1 atom stereocenters. The van der Waals surface area contributed by atoms with Crippen molar-refractivity contribution in [2.45, 2.75) is 37.6 Å². The molecule has 0 radical (unpaired) electrons. The van der Waals surface area contributed by atoms with E-state index in [-0.39, 0.29) is 11.9 Å². The second kappa shape index (κ2) is 6.79. The van der Waals surface area contributed by atoms with Crippen molar-refractivity contribution in [2.24, 2.45) is 0 Å². The molecule has 2 fully saturated rings. The molecular formula is C21H22N6O. The maximum atomic E-state index is 12.6. The van der Waals surface area contributed by atoms with Gasteiger partial charge < -0.3 is 15.1 Å². The largest absolute Gasteiger partial charge is 0.347 e. The Morgan fingerprint density at radius 3 is 2.89 bits per heavy atom. The van der Waals surface area contributed by atoms with Gasteiger partial charge in [0.15, 0.2) is 6.19 Å². The van der Waals surface area contributed by atoms with Crippen molar-refractivity contribution in [3.8, 4) is 6.19 Å². The minimum Gasteiger partial charge on any atom is -0.347 e. The lowest BCUT2D eigenvalue weighted by Crippen LogP contribution is -2.36. The third kappa shape index (κ3) is 3.15. The van der Waals surface area contributed by atoms with Gasteiger partial charge in [-0.05, 0) is 55.5 Å². The number of aromatic nitrogens is 2. The first-order valence-electron chi connectivity index (χ1n) is 9.90. The number of nitrogens with one attached hydrogen (secondary N) is 1. The molecule has 0 spiro atoms. The minimum absolute atomic E-state index is 0.0375. The van der Waals surface area contributed by atoms with Crippen molar-refractivity contribution in [3.63, 3.8) is 0 Å². The predicted octanol–water partition coefficient (Wildman–Crippen LogP) is 2.33. The van der Waals surface area contributed by atoms with Gasteiger partial charge in [-0.2, -0.15) is 5.26 Å². The van der Waals surface area contributed by atoms with Crippen LogP contribution in [0.3, 0.4) is 0 Å². The van der Waals surface area contributed by atoms with Crippen LogP contribution in [0.4, 0.5) is 11.6 Å². The second-order valence-corrected chi connectivity index (χ2v) is 7.81. The number of likely N-dealkylation sites (tertiary alicyclic amines) is 1. The highest BCUT2D eigenvalue weighted by atomic mass is 16.1. The van der Waals surface area contributed by atoms with Gasteiger partial charge in [0.2, 0.25) is 5.95 Å². The van der Waals surface area contributed by atoms with E-state index in [4.69, 9.17) is 10.2 Å². The maximum Gasteiger partial charge on any atom is 0.251 e. The highest BCUT2D eigenvalue weighted by molar-refractivity contribution is 5.95. The van der Waals surface area contributed by atoms with Crippen molar-refractivity contribution in [1.82, 2.24) is 20.2 Å². The number of fused-ring (bicyclic) bond motifs is 1. The van der Waals surface area contributed by atoms with Crippen LogP contribution < -0.4 is 10.2 Å². The molecule has 28 heavy (non-hydrogen) atoms. The molecule has 0 unspecified atom stereocenters. The van der Waals surface area contributed by atoms with Crippen LogP contribution in [0, 0.1) is 11.5 Å². The molecule has 1 aromatic heterocycles. The molecule has 1 aliphatic carbocycles. The van der Waals surface area contributed by atoms with Gasteiger partial charge in [0.05, 0.1) is 0 Å². The van der Waals surface area contributed by atoms with Gasteiger partial charge in [0.1, 0.15) is 0 Å². The number of hydrogen-bond acceptors (Lipinski definition) is 6. The third-order valence-electron chi connectivity index (χ3n) is 5.80. The van der Waals surface area contributed by atoms with Gasteiger partial charge in [0, 0.05) is 54.7 Å². The van der Waals surface area contributed by atoms with Crippen LogP contribution in [0.2, 0.25) is 0 Å². The zero-order chi connectivity index (χ0) is 19.1. The van der Waals surface area contributed by atoms with E-state index in [1.165, 1.54) is 12.8 Å². The molecule has 1 N–H and O–H groups in total. The Labute approximate surface area is 164 Å². The van der Waals surface area contributed by atoms with Crippen LogP contribution in [-0.4, -0.2) is 46.5 Å². The molecule has 1 aromatic carbocycles. The SMILES string of the molecule is N#CN1CC[C@@H](NC(=O)c2ccc3c(c2)CCN3c2nccc(C3CC3)n2)C1. The summed E-state index contributed by atoms with van der Waals surface area (Å²) in [5, 5.41) is 12.0. The average Bonchev–Trinajstić information content (AvgIpc) is 3.34. The number of hydrogen-bond donors (Lipinski definition) is 1. The molecule has 5 rings (SSSR count). The number of amides is 1. The summed E-state index contributed by atoms with van der Waals surface area (Å²) in [5.41, 5.74) is 4.04. The zero-order valence-electron chi connectivity index (χ0n) is 15.6. The molecule has 1 saturated carbocycles. The number of benzene rings is 1. The molecule has 7 heteroatoms. The number of carbonyl (C=O) groups excluding carboxylic acids is 1. The molecule has 7 nitrogen and oxygen atoms in total. The normalized spacial score (nSPS) is 20.8. The van der Waals surface area contributed by atoms with Gasteiger partial charge in [0.25, 0.3) is 5.91 Å². The Bertz CT molecular complexity index is 964. The fourth-order valence-electron chi connectivity index (χ4n) is 4.09. The van der Waals surface area contributed by atoms with E-state index in [1.807, 2.05) is 30.5 Å². The van der Waals surface area contributed by atoms with Crippen LogP contribution in [0.25, 0.3) is 0 Å². The molecule has 142 valence electrons. The Morgan fingerprint density at radius 1 is 1.21 bits per heavy atom. The lowest BCUT2D eigenvalue weighted by molar-refractivity contribution is 0.0938. The van der Waals surface area contributed by atoms with E-state index in [0.717, 1.165) is 42.3 Å². The highest BCUT2D eigenvalue weighted by Crippen LogP contribution is 2.40. The van der Waals surface area contributed by atoms with Gasteiger partial charge in [-0.1, -0.05) is 0 Å². The maximum absolute atomic E-state index is 12.6. The summed E-state index contributed by atoms with van der Waals surface area (Å²) in [6.07, 6.45) is 8.12. The van der Waals surface area contributed by atoms with E-state index in [0.29, 0.717) is 24.6 Å². The number of carbonyl (C=O) groups is 1. The van der Waals surface area contributed by atoms with Crippen molar-refractivity contribution in [2.75, 3.05) is 24.5 Å². The van der Waals surface area contributed by atoms with Gasteiger partial charge in [-0.15, -0.1) is 0 Å². The molecule has 3 aliphatic rings. The summed E-state index contributed by atoms with van der Waals surface area (Å²) >= 11 is 0. The summed E-state index contributed by atoms with van der Waals surface area (Å²) in [6, 6.07) is 7.90. The fourth-order valence-corrected chi connectivity index (χ4v) is 4.09. The highest BCUT2D eigenvalue weighted by Gasteiger charge is 2.28. The summed E-state index contributed by atoms with van der Waals surface area (Å²) in [7, 11) is 0. The molecule has 1 amide bonds. The lowest BCUT2D eigenvalue weighted by Gasteiger charge is -2.18. The minimum atomic E-state index is -0.0713. The van der Waals surface area contributed by atoms with E-state index in [1.54, 1.807) is 4.90 Å². The molecular weight excluding hydrogens is 352 g/mol. The van der Waals surface area contributed by atoms with Crippen LogP contribution in [0.1, 0.15) is 46.8 Å². The Balaban J connectivity index is 1.32. The predicted molar refractivity (Wildman–Crippen MR) is 104 cm³/mol. The van der Waals surface area contributed by atoms with Crippen molar-refractivity contribution in [3.05, 3.63) is 47.3 Å². The van der Waals surface area contributed by atoms with Gasteiger partial charge in [-0.25, -0.2) is 9.97 Å². The van der Waals surface area contributed by atoms with Crippen molar-refractivity contribution < 1.29 is 4.79 Å². The Hall–Kier alpha value is -3.14. The van der Waals surface area contributed by atoms with Crippen LogP contribution in [0.15, 0.2) is 30.5 Å². The first-order valence-corrected chi connectivity index (χ1v) is 9.90. The van der Waals surface area contributed by atoms with E-state index in [2.05, 4.69) is 21.4 Å². The van der Waals surface area contributed by atoms with E-state index >= 15 is 0 Å². The molecule has 1 saturated heterocycles. The summed E-state index contributed by atoms with van der Waals surface area (Å²) in [6.45, 7) is 2.13. The molecule has 3 heterocycles. The molecule has 2 aliphatic heterocycles. The Kier molecular flexibility index (Phi) is 4.12. The van der Waals surface area contributed by atoms with Crippen LogP contribution in [0.5, 0.6) is 0 Å². The number of anilines is 2. The summed E-state index contributed by atoms with van der Waals surface area (Å²) in [5.74, 6) is 1.28. The van der Waals surface area contributed by atoms with Gasteiger partial charge in [-0.3, -0.25) is 4.79 Å². The number of rotatable bonds is 4. The van der Waals surface area contributed by atoms with Gasteiger partial charge >= 0.3 is 0 Å². The summed E-state index contributed by atoms with van der Waals surface area (Å²) in [4.78, 5) is 25.7. The van der Waals surface area contributed by atoms with E-state index < -0.39 is 0 Å². The van der Waals surface area contributed by atoms with Crippen LogP contribution >= 0.6 is 0 Å². The number of nitrogens with zero attached hydrogens (tertiary/aromatic N) is 5. The third-order valence-corrected chi connectivity index (χ3v) is 5.80. The fraction of sp³-hybridized carbons (Fsp3) is 0.429. The van der Waals surface area contributed by atoms with Crippen molar-refractivity contribution >= 4 is 17.5 Å². The lowest BCUT2D eigenvalue weighted by atomic mass is 10.1. The molecule has 0 bridgehead atoms. The average molecular weight is 374 g/mol. The molecule has 2 aromatic rings. The van der Waals surface area contributed by atoms with Crippen molar-refractivity contribution in [1.29, 1.82) is 5.26 Å². The smallest absolute Gasteiger partial charge is 0.251 e. The van der Waals surface area contributed by atoms with Crippen LogP contribution in [-0.2, 0) is 6.42 Å².